The van der Waals surface area contributed by atoms with Crippen molar-refractivity contribution in [3.8, 4) is 11.5 Å². The summed E-state index contributed by atoms with van der Waals surface area (Å²) in [6.07, 6.45) is 2.56. The third-order valence-electron chi connectivity index (χ3n) is 7.26. The van der Waals surface area contributed by atoms with Crippen LogP contribution in [0.2, 0.25) is 0 Å². The Kier molecular flexibility index (Phi) is 9.63. The van der Waals surface area contributed by atoms with Crippen molar-refractivity contribution in [2.24, 2.45) is 11.8 Å². The summed E-state index contributed by atoms with van der Waals surface area (Å²) in [5.74, 6) is 1.89. The number of thioether (sulfide) groups is 1. The number of aliphatic carboxylic acids is 1. The smallest absolute Gasteiger partial charge is 0.303 e. The Morgan fingerprint density at radius 1 is 1.14 bits per heavy atom. The average molecular weight is 527 g/mol. The number of nitrogens with zero attached hydrogens (tertiary/aromatic N) is 2. The predicted molar refractivity (Wildman–Crippen MR) is 145 cm³/mol. The van der Waals surface area contributed by atoms with E-state index < -0.39 is 12.1 Å². The summed E-state index contributed by atoms with van der Waals surface area (Å²) in [5.41, 5.74) is 1.36. The van der Waals surface area contributed by atoms with Gasteiger partial charge in [0.15, 0.2) is 0 Å². The molecule has 2 heterocycles. The van der Waals surface area contributed by atoms with Crippen molar-refractivity contribution in [1.29, 1.82) is 0 Å². The molecule has 0 spiro atoms. The third kappa shape index (κ3) is 7.36. The van der Waals surface area contributed by atoms with Crippen LogP contribution in [0.1, 0.15) is 37.4 Å². The minimum Gasteiger partial charge on any atom is -0.497 e. The van der Waals surface area contributed by atoms with E-state index in [0.717, 1.165) is 48.5 Å². The van der Waals surface area contributed by atoms with Crippen molar-refractivity contribution < 1.29 is 23.8 Å². The number of methoxy groups -OCH3 is 2. The molecule has 1 aliphatic heterocycles. The van der Waals surface area contributed by atoms with Gasteiger partial charge in [0.25, 0.3) is 0 Å². The van der Waals surface area contributed by atoms with Crippen LogP contribution < -0.4 is 9.47 Å². The number of likely N-dealkylation sites (tertiary alicyclic amines) is 1. The fourth-order valence-electron chi connectivity index (χ4n) is 5.22. The second-order valence-corrected chi connectivity index (χ2v) is 10.7. The van der Waals surface area contributed by atoms with Crippen LogP contribution >= 0.6 is 11.8 Å². The first-order valence-corrected chi connectivity index (χ1v) is 13.7. The number of alkyl halides is 1. The molecule has 2 aromatic carbocycles. The number of piperidine rings is 1. The topological polar surface area (TPSA) is 71.9 Å². The molecule has 1 aromatic heterocycles. The van der Waals surface area contributed by atoms with Crippen LogP contribution in [0.5, 0.6) is 11.5 Å². The minimum atomic E-state index is -1.14. The molecule has 1 fully saturated rings. The lowest BCUT2D eigenvalue weighted by atomic mass is 9.79. The fourth-order valence-corrected chi connectivity index (χ4v) is 6.14. The molecular weight excluding hydrogens is 491 g/mol. The average Bonchev–Trinajstić information content (AvgIpc) is 2.91. The second kappa shape index (κ2) is 13.1. The number of carboxylic acid groups (broad SMARTS) is 1. The first-order chi connectivity index (χ1) is 18.0. The molecule has 0 unspecified atom stereocenters. The Morgan fingerprint density at radius 3 is 2.62 bits per heavy atom. The Morgan fingerprint density at radius 2 is 1.89 bits per heavy atom. The van der Waals surface area contributed by atoms with Crippen LogP contribution in [0.4, 0.5) is 4.39 Å². The molecule has 1 saturated heterocycles. The molecule has 0 radical (unpaired) electrons. The van der Waals surface area contributed by atoms with Gasteiger partial charge in [-0.25, -0.2) is 4.39 Å². The Bertz CT molecular complexity index is 1180. The SMILES string of the molecule is COc1ccc(SCCN2CC[C@@H](CC[C@H](F)c3ccnc4ccc(OC)cc34)[C@@H](CC(=O)O)C2)cc1. The Hall–Kier alpha value is -2.84. The molecule has 0 saturated carbocycles. The summed E-state index contributed by atoms with van der Waals surface area (Å²) in [6.45, 7) is 2.55. The van der Waals surface area contributed by atoms with E-state index in [-0.39, 0.29) is 18.3 Å². The zero-order chi connectivity index (χ0) is 26.2. The van der Waals surface area contributed by atoms with Gasteiger partial charge in [-0.1, -0.05) is 0 Å². The zero-order valence-corrected chi connectivity index (χ0v) is 22.3. The van der Waals surface area contributed by atoms with Gasteiger partial charge in [0, 0.05) is 41.7 Å². The normalized spacial score (nSPS) is 19.0. The molecule has 3 atom stereocenters. The van der Waals surface area contributed by atoms with Crippen molar-refractivity contribution >= 4 is 28.6 Å². The lowest BCUT2D eigenvalue weighted by Gasteiger charge is -2.38. The third-order valence-corrected chi connectivity index (χ3v) is 8.25. The monoisotopic (exact) mass is 526 g/mol. The van der Waals surface area contributed by atoms with Crippen molar-refractivity contribution in [1.82, 2.24) is 9.88 Å². The molecule has 8 heteroatoms. The number of hydrogen-bond donors (Lipinski definition) is 1. The molecule has 0 amide bonds. The molecule has 37 heavy (non-hydrogen) atoms. The summed E-state index contributed by atoms with van der Waals surface area (Å²) < 4.78 is 26.0. The van der Waals surface area contributed by atoms with Gasteiger partial charge in [-0.2, -0.15) is 0 Å². The largest absolute Gasteiger partial charge is 0.497 e. The van der Waals surface area contributed by atoms with Crippen LogP contribution in [0.25, 0.3) is 10.9 Å². The van der Waals surface area contributed by atoms with Gasteiger partial charge in [-0.05, 0) is 91.7 Å². The van der Waals surface area contributed by atoms with Crippen LogP contribution in [0.15, 0.2) is 59.6 Å². The lowest BCUT2D eigenvalue weighted by molar-refractivity contribution is -0.139. The summed E-state index contributed by atoms with van der Waals surface area (Å²) in [7, 11) is 3.25. The van der Waals surface area contributed by atoms with Crippen molar-refractivity contribution in [2.45, 2.75) is 36.8 Å². The molecule has 6 nitrogen and oxygen atoms in total. The molecule has 0 aliphatic carbocycles. The van der Waals surface area contributed by atoms with E-state index in [1.54, 1.807) is 38.2 Å². The Balaban J connectivity index is 1.33. The van der Waals surface area contributed by atoms with E-state index in [1.165, 1.54) is 4.90 Å². The summed E-state index contributed by atoms with van der Waals surface area (Å²) >= 11 is 1.79. The van der Waals surface area contributed by atoms with Gasteiger partial charge in [0.2, 0.25) is 0 Å². The second-order valence-electron chi connectivity index (χ2n) is 9.56. The number of fused-ring (bicyclic) bond motifs is 1. The maximum Gasteiger partial charge on any atom is 0.303 e. The van der Waals surface area contributed by atoms with Gasteiger partial charge >= 0.3 is 5.97 Å². The number of hydrogen-bond acceptors (Lipinski definition) is 6. The Labute approximate surface area is 222 Å². The molecule has 1 N–H and O–H groups in total. The minimum absolute atomic E-state index is 0.0266. The quantitative estimate of drug-likeness (QED) is 0.280. The lowest BCUT2D eigenvalue weighted by Crippen LogP contribution is -2.42. The number of carbonyl (C=O) groups is 1. The van der Waals surface area contributed by atoms with E-state index in [9.17, 15) is 9.90 Å². The predicted octanol–water partition coefficient (Wildman–Crippen LogP) is 6.25. The maximum absolute atomic E-state index is 15.5. The van der Waals surface area contributed by atoms with Gasteiger partial charge in [-0.15, -0.1) is 11.8 Å². The van der Waals surface area contributed by atoms with Gasteiger partial charge < -0.3 is 19.5 Å². The van der Waals surface area contributed by atoms with E-state index in [2.05, 4.69) is 22.0 Å². The first-order valence-electron chi connectivity index (χ1n) is 12.7. The van der Waals surface area contributed by atoms with E-state index in [4.69, 9.17) is 9.47 Å². The van der Waals surface area contributed by atoms with Crippen LogP contribution in [0.3, 0.4) is 0 Å². The highest BCUT2D eigenvalue weighted by Gasteiger charge is 2.31. The van der Waals surface area contributed by atoms with Gasteiger partial charge in [0.1, 0.15) is 17.7 Å². The molecule has 4 rings (SSSR count). The van der Waals surface area contributed by atoms with Gasteiger partial charge in [0.05, 0.1) is 19.7 Å². The highest BCUT2D eigenvalue weighted by atomic mass is 32.2. The summed E-state index contributed by atoms with van der Waals surface area (Å²) in [5, 5.41) is 10.3. The number of halogens is 1. The van der Waals surface area contributed by atoms with Crippen LogP contribution in [-0.2, 0) is 4.79 Å². The highest BCUT2D eigenvalue weighted by Crippen LogP contribution is 2.36. The first kappa shape index (κ1) is 27.2. The van der Waals surface area contributed by atoms with Crippen LogP contribution in [-0.4, -0.2) is 60.6 Å². The maximum atomic E-state index is 15.5. The van der Waals surface area contributed by atoms with Crippen molar-refractivity contribution in [3.05, 3.63) is 60.3 Å². The van der Waals surface area contributed by atoms with E-state index in [1.807, 2.05) is 30.3 Å². The molecule has 1 aliphatic rings. The number of rotatable bonds is 12. The van der Waals surface area contributed by atoms with Crippen molar-refractivity contribution in [2.75, 3.05) is 39.6 Å². The number of benzene rings is 2. The van der Waals surface area contributed by atoms with E-state index in [0.29, 0.717) is 24.2 Å². The molecular formula is C29H35FN2O4S. The van der Waals surface area contributed by atoms with Crippen LogP contribution in [0, 0.1) is 11.8 Å². The number of ether oxygens (including phenoxy) is 2. The number of pyridine rings is 1. The van der Waals surface area contributed by atoms with Gasteiger partial charge in [-0.3, -0.25) is 9.78 Å². The standard InChI is InChI=1S/C29H35FN2O4S/c1-35-22-4-7-24(8-5-22)37-16-15-32-14-12-20(21(19-32)17-29(33)34)3-9-27(30)25-11-13-31-28-10-6-23(36-2)18-26(25)28/h4-8,10-11,13,18,20-21,27H,3,9,12,14-17,19H2,1-2H3,(H,33,34)/t20-,21+,27+/m1/s1. The zero-order valence-electron chi connectivity index (χ0n) is 21.4. The summed E-state index contributed by atoms with van der Waals surface area (Å²) in [4.78, 5) is 19.5. The molecule has 3 aromatic rings. The fraction of sp³-hybridized carbons (Fsp3) is 0.448. The van der Waals surface area contributed by atoms with E-state index >= 15 is 4.39 Å². The summed E-state index contributed by atoms with van der Waals surface area (Å²) in [6, 6.07) is 15.3. The number of aromatic nitrogens is 1. The highest BCUT2D eigenvalue weighted by molar-refractivity contribution is 7.99. The molecule has 198 valence electrons. The molecule has 0 bridgehead atoms. The van der Waals surface area contributed by atoms with Crippen molar-refractivity contribution in [3.63, 3.8) is 0 Å². The number of carboxylic acids is 1.